The normalized spacial score (nSPS) is 12.1. The molecule has 0 heterocycles. The predicted molar refractivity (Wildman–Crippen MR) is 89.4 cm³/mol. The highest BCUT2D eigenvalue weighted by Crippen LogP contribution is 2.29. The highest BCUT2D eigenvalue weighted by Gasteiger charge is 2.18. The molecule has 0 spiro atoms. The first kappa shape index (κ1) is 19.4. The van der Waals surface area contributed by atoms with Crippen LogP contribution in [0.25, 0.3) is 0 Å². The molecule has 0 rings (SSSR count). The lowest BCUT2D eigenvalue weighted by atomic mass is 10.3. The standard InChI is InChI=1S/C14H26N2O2S2/c1-3-5-7-9-19-11(13(15)17)12(14(16)18)20-10-8-6-4-2/h3-10H2,1-2H3,(H2,15,17)(H2,16,18)/b12-11-. The number of primary amides is 2. The quantitative estimate of drug-likeness (QED) is 0.428. The van der Waals surface area contributed by atoms with Crippen LogP contribution in [0.3, 0.4) is 0 Å². The van der Waals surface area contributed by atoms with Gasteiger partial charge in [-0.25, -0.2) is 0 Å². The molecule has 0 aliphatic rings. The zero-order valence-electron chi connectivity index (χ0n) is 12.4. The molecule has 4 N–H and O–H groups in total. The Kier molecular flexibility index (Phi) is 11.8. The van der Waals surface area contributed by atoms with Crippen LogP contribution in [0.4, 0.5) is 0 Å². The minimum absolute atomic E-state index is 0.329. The third-order valence-corrected chi connectivity index (χ3v) is 5.15. The molecule has 6 heteroatoms. The maximum absolute atomic E-state index is 11.5. The van der Waals surface area contributed by atoms with E-state index in [1.807, 2.05) is 0 Å². The summed E-state index contributed by atoms with van der Waals surface area (Å²) >= 11 is 2.71. The average Bonchev–Trinajstić information content (AvgIpc) is 2.39. The molecule has 0 unspecified atom stereocenters. The SMILES string of the molecule is CCCCCS/C(C(N)=O)=C(\SCCCCC)C(N)=O. The fourth-order valence-corrected chi connectivity index (χ4v) is 3.76. The van der Waals surface area contributed by atoms with E-state index < -0.39 is 11.8 Å². The Balaban J connectivity index is 4.67. The Bertz CT molecular complexity index is 312. The van der Waals surface area contributed by atoms with Crippen molar-refractivity contribution in [1.82, 2.24) is 0 Å². The van der Waals surface area contributed by atoms with Crippen LogP contribution in [0, 0.1) is 0 Å². The monoisotopic (exact) mass is 318 g/mol. The van der Waals surface area contributed by atoms with Crippen LogP contribution in [0.2, 0.25) is 0 Å². The number of amides is 2. The van der Waals surface area contributed by atoms with E-state index in [1.54, 1.807) is 0 Å². The van der Waals surface area contributed by atoms with Crippen molar-refractivity contribution < 1.29 is 9.59 Å². The van der Waals surface area contributed by atoms with Gasteiger partial charge in [0, 0.05) is 0 Å². The van der Waals surface area contributed by atoms with Crippen molar-refractivity contribution in [2.75, 3.05) is 11.5 Å². The van der Waals surface area contributed by atoms with Gasteiger partial charge in [0.05, 0.1) is 9.81 Å². The lowest BCUT2D eigenvalue weighted by Crippen LogP contribution is -2.20. The Morgan fingerprint density at radius 1 is 0.750 bits per heavy atom. The Morgan fingerprint density at radius 2 is 1.10 bits per heavy atom. The van der Waals surface area contributed by atoms with E-state index >= 15 is 0 Å². The molecule has 0 atom stereocenters. The maximum atomic E-state index is 11.5. The van der Waals surface area contributed by atoms with Gasteiger partial charge in [-0.2, -0.15) is 0 Å². The highest BCUT2D eigenvalue weighted by atomic mass is 32.2. The van der Waals surface area contributed by atoms with Crippen molar-refractivity contribution in [2.45, 2.75) is 52.4 Å². The first-order valence-corrected chi connectivity index (χ1v) is 9.11. The van der Waals surface area contributed by atoms with Crippen LogP contribution in [-0.2, 0) is 9.59 Å². The predicted octanol–water partition coefficient (Wildman–Crippen LogP) is 3.02. The molecule has 0 aromatic rings. The highest BCUT2D eigenvalue weighted by molar-refractivity contribution is 8.07. The van der Waals surface area contributed by atoms with Crippen molar-refractivity contribution in [3.8, 4) is 0 Å². The van der Waals surface area contributed by atoms with E-state index in [1.165, 1.54) is 23.5 Å². The Morgan fingerprint density at radius 3 is 1.35 bits per heavy atom. The molecule has 0 aromatic heterocycles. The van der Waals surface area contributed by atoms with E-state index in [0.29, 0.717) is 9.81 Å². The molecule has 2 amide bonds. The molecule has 20 heavy (non-hydrogen) atoms. The summed E-state index contributed by atoms with van der Waals surface area (Å²) in [5.41, 5.74) is 10.8. The van der Waals surface area contributed by atoms with Crippen LogP contribution in [0.15, 0.2) is 9.81 Å². The van der Waals surface area contributed by atoms with E-state index in [2.05, 4.69) is 13.8 Å². The Labute approximate surface area is 130 Å². The lowest BCUT2D eigenvalue weighted by molar-refractivity contribution is -0.116. The maximum Gasteiger partial charge on any atom is 0.256 e. The molecule has 4 nitrogen and oxygen atoms in total. The van der Waals surface area contributed by atoms with Crippen LogP contribution in [-0.4, -0.2) is 23.3 Å². The summed E-state index contributed by atoms with van der Waals surface area (Å²) in [6.07, 6.45) is 6.45. The number of hydrogen-bond acceptors (Lipinski definition) is 4. The van der Waals surface area contributed by atoms with Crippen LogP contribution < -0.4 is 11.5 Å². The number of hydrogen-bond donors (Lipinski definition) is 2. The lowest BCUT2D eigenvalue weighted by Gasteiger charge is -2.09. The summed E-state index contributed by atoms with van der Waals surface area (Å²) in [6.45, 7) is 4.24. The van der Waals surface area contributed by atoms with E-state index in [-0.39, 0.29) is 0 Å². The van der Waals surface area contributed by atoms with Crippen molar-refractivity contribution in [1.29, 1.82) is 0 Å². The molecule has 0 fully saturated rings. The van der Waals surface area contributed by atoms with Crippen LogP contribution >= 0.6 is 23.5 Å². The number of unbranched alkanes of at least 4 members (excludes halogenated alkanes) is 4. The van der Waals surface area contributed by atoms with Gasteiger partial charge in [0.15, 0.2) is 0 Å². The van der Waals surface area contributed by atoms with E-state index in [9.17, 15) is 9.59 Å². The molecular weight excluding hydrogens is 292 g/mol. The first-order valence-electron chi connectivity index (χ1n) is 7.14. The van der Waals surface area contributed by atoms with Crippen molar-refractivity contribution in [3.63, 3.8) is 0 Å². The van der Waals surface area contributed by atoms with Gasteiger partial charge in [-0.15, -0.1) is 23.5 Å². The third kappa shape index (κ3) is 8.53. The van der Waals surface area contributed by atoms with E-state index in [4.69, 9.17) is 11.5 Å². The second-order valence-electron chi connectivity index (χ2n) is 4.50. The smallest absolute Gasteiger partial charge is 0.256 e. The summed E-state index contributed by atoms with van der Waals surface area (Å²) in [5, 5.41) is 0. The molecular formula is C14H26N2O2S2. The summed E-state index contributed by atoms with van der Waals surface area (Å²) in [6, 6.07) is 0. The van der Waals surface area contributed by atoms with Crippen LogP contribution in [0.5, 0.6) is 0 Å². The zero-order chi connectivity index (χ0) is 15.4. The van der Waals surface area contributed by atoms with Gasteiger partial charge in [-0.3, -0.25) is 9.59 Å². The number of thioether (sulfide) groups is 2. The van der Waals surface area contributed by atoms with Crippen molar-refractivity contribution in [3.05, 3.63) is 9.81 Å². The van der Waals surface area contributed by atoms with E-state index in [0.717, 1.165) is 50.0 Å². The fourth-order valence-electron chi connectivity index (χ4n) is 1.55. The largest absolute Gasteiger partial charge is 0.365 e. The van der Waals surface area contributed by atoms with Gasteiger partial charge in [0.1, 0.15) is 0 Å². The van der Waals surface area contributed by atoms with Gasteiger partial charge < -0.3 is 11.5 Å². The minimum Gasteiger partial charge on any atom is -0.365 e. The molecule has 0 aliphatic carbocycles. The number of rotatable bonds is 12. The van der Waals surface area contributed by atoms with Gasteiger partial charge in [-0.1, -0.05) is 39.5 Å². The molecule has 0 saturated carbocycles. The zero-order valence-corrected chi connectivity index (χ0v) is 14.1. The number of nitrogens with two attached hydrogens (primary N) is 2. The summed E-state index contributed by atoms with van der Waals surface area (Å²) in [5.74, 6) is 0.475. The van der Waals surface area contributed by atoms with Gasteiger partial charge >= 0.3 is 0 Å². The fraction of sp³-hybridized carbons (Fsp3) is 0.714. The summed E-state index contributed by atoms with van der Waals surface area (Å²) in [4.78, 5) is 23.7. The molecule has 0 bridgehead atoms. The number of carbonyl (C=O) groups excluding carboxylic acids is 2. The minimum atomic E-state index is -0.553. The van der Waals surface area contributed by atoms with Crippen LogP contribution in [0.1, 0.15) is 52.4 Å². The molecule has 116 valence electrons. The van der Waals surface area contributed by atoms with Crippen molar-refractivity contribution >= 4 is 35.3 Å². The van der Waals surface area contributed by atoms with Gasteiger partial charge in [0.2, 0.25) is 0 Å². The van der Waals surface area contributed by atoms with Crippen molar-refractivity contribution in [2.24, 2.45) is 11.5 Å². The molecule has 0 radical (unpaired) electrons. The average molecular weight is 319 g/mol. The number of carbonyl (C=O) groups is 2. The summed E-state index contributed by atoms with van der Waals surface area (Å²) < 4.78 is 0. The first-order chi connectivity index (χ1) is 9.54. The van der Waals surface area contributed by atoms with Gasteiger partial charge in [-0.05, 0) is 24.3 Å². The third-order valence-electron chi connectivity index (χ3n) is 2.64. The second kappa shape index (κ2) is 12.1. The topological polar surface area (TPSA) is 86.2 Å². The molecule has 0 aliphatic heterocycles. The summed E-state index contributed by atoms with van der Waals surface area (Å²) in [7, 11) is 0. The molecule has 0 aromatic carbocycles. The van der Waals surface area contributed by atoms with Gasteiger partial charge in [0.25, 0.3) is 11.8 Å². The second-order valence-corrected chi connectivity index (χ2v) is 6.71. The Hall–Kier alpha value is -0.620. The molecule has 0 saturated heterocycles.